The van der Waals surface area contributed by atoms with Gasteiger partial charge in [-0.1, -0.05) is 29.8 Å². The van der Waals surface area contributed by atoms with E-state index in [0.29, 0.717) is 29.4 Å². The van der Waals surface area contributed by atoms with Crippen molar-refractivity contribution in [2.24, 2.45) is 0 Å². The molecule has 0 fully saturated rings. The lowest BCUT2D eigenvalue weighted by atomic mass is 10.1. The predicted molar refractivity (Wildman–Crippen MR) is 106 cm³/mol. The van der Waals surface area contributed by atoms with Crippen LogP contribution in [0.1, 0.15) is 28.4 Å². The maximum atomic E-state index is 12.6. The molecule has 0 saturated carbocycles. The molecule has 0 spiro atoms. The summed E-state index contributed by atoms with van der Waals surface area (Å²) in [6, 6.07) is 10.2. The van der Waals surface area contributed by atoms with Crippen molar-refractivity contribution in [1.82, 2.24) is 10.6 Å². The first kappa shape index (κ1) is 21.1. The average Bonchev–Trinajstić information content (AvgIpc) is 2.71. The van der Waals surface area contributed by atoms with Crippen molar-refractivity contribution in [2.75, 3.05) is 21.3 Å². The van der Waals surface area contributed by atoms with E-state index in [2.05, 4.69) is 10.6 Å². The minimum absolute atomic E-state index is 0.277. The highest BCUT2D eigenvalue weighted by Gasteiger charge is 2.20. The van der Waals surface area contributed by atoms with Crippen LogP contribution in [0.5, 0.6) is 17.2 Å². The van der Waals surface area contributed by atoms with Crippen molar-refractivity contribution in [3.63, 3.8) is 0 Å². The van der Waals surface area contributed by atoms with Crippen LogP contribution in [0, 0.1) is 6.92 Å². The fourth-order valence-electron chi connectivity index (χ4n) is 2.61. The van der Waals surface area contributed by atoms with Crippen LogP contribution < -0.4 is 24.8 Å². The molecule has 0 heterocycles. The molecule has 7 nitrogen and oxygen atoms in total. The Labute approximate surface area is 165 Å². The Bertz CT molecular complexity index is 808. The van der Waals surface area contributed by atoms with Gasteiger partial charge in [-0.15, -0.1) is 0 Å². The van der Waals surface area contributed by atoms with E-state index in [1.807, 2.05) is 31.2 Å². The molecule has 150 valence electrons. The molecule has 0 saturated heterocycles. The quantitative estimate of drug-likeness (QED) is 0.728. The summed E-state index contributed by atoms with van der Waals surface area (Å²) in [6.07, 6.45) is 0. The molecule has 0 aliphatic carbocycles. The van der Waals surface area contributed by atoms with Crippen LogP contribution in [0.15, 0.2) is 36.4 Å². The van der Waals surface area contributed by atoms with Gasteiger partial charge in [0, 0.05) is 12.1 Å². The van der Waals surface area contributed by atoms with Crippen molar-refractivity contribution < 1.29 is 23.8 Å². The number of carbonyl (C=O) groups excluding carboxylic acids is 2. The molecule has 0 aromatic heterocycles. The van der Waals surface area contributed by atoms with E-state index in [9.17, 15) is 9.59 Å². The Morgan fingerprint density at radius 2 is 1.54 bits per heavy atom. The Balaban J connectivity index is 2.02. The number of carbonyl (C=O) groups is 2. The lowest BCUT2D eigenvalue weighted by Crippen LogP contribution is -2.44. The van der Waals surface area contributed by atoms with Crippen molar-refractivity contribution in [1.29, 1.82) is 0 Å². The van der Waals surface area contributed by atoms with Gasteiger partial charge in [-0.25, -0.2) is 0 Å². The summed E-state index contributed by atoms with van der Waals surface area (Å²) in [4.78, 5) is 24.9. The summed E-state index contributed by atoms with van der Waals surface area (Å²) in [5.74, 6) is 0.427. The number of nitrogens with one attached hydrogen (secondary N) is 2. The number of ether oxygens (including phenoxy) is 3. The molecule has 2 aromatic rings. The summed E-state index contributed by atoms with van der Waals surface area (Å²) in [5.41, 5.74) is 2.44. The van der Waals surface area contributed by atoms with Crippen molar-refractivity contribution in [3.8, 4) is 17.2 Å². The molecule has 2 rings (SSSR count). The molecular weight excluding hydrogens is 360 g/mol. The van der Waals surface area contributed by atoms with E-state index in [1.165, 1.54) is 33.5 Å². The third-order valence-corrected chi connectivity index (χ3v) is 4.26. The van der Waals surface area contributed by atoms with Crippen LogP contribution in [0.25, 0.3) is 0 Å². The van der Waals surface area contributed by atoms with Gasteiger partial charge < -0.3 is 24.8 Å². The second-order valence-corrected chi connectivity index (χ2v) is 6.31. The van der Waals surface area contributed by atoms with Gasteiger partial charge in [0.25, 0.3) is 5.91 Å². The summed E-state index contributed by atoms with van der Waals surface area (Å²) < 4.78 is 15.8. The van der Waals surface area contributed by atoms with Crippen LogP contribution in [0.2, 0.25) is 0 Å². The first-order chi connectivity index (χ1) is 13.4. The van der Waals surface area contributed by atoms with Gasteiger partial charge in [-0.3, -0.25) is 9.59 Å². The number of benzene rings is 2. The fourth-order valence-corrected chi connectivity index (χ4v) is 2.61. The third-order valence-electron chi connectivity index (χ3n) is 4.26. The molecule has 0 aliphatic heterocycles. The van der Waals surface area contributed by atoms with E-state index in [4.69, 9.17) is 14.2 Å². The highest BCUT2D eigenvalue weighted by atomic mass is 16.5. The van der Waals surface area contributed by atoms with Gasteiger partial charge in [0.15, 0.2) is 11.5 Å². The summed E-state index contributed by atoms with van der Waals surface area (Å²) in [5, 5.41) is 5.49. The highest BCUT2D eigenvalue weighted by molar-refractivity contribution is 5.98. The van der Waals surface area contributed by atoms with Gasteiger partial charge in [0.2, 0.25) is 11.7 Å². The van der Waals surface area contributed by atoms with Crippen LogP contribution in [-0.4, -0.2) is 39.2 Å². The number of hydrogen-bond acceptors (Lipinski definition) is 5. The maximum absolute atomic E-state index is 12.6. The Morgan fingerprint density at radius 1 is 0.964 bits per heavy atom. The van der Waals surface area contributed by atoms with Crippen molar-refractivity contribution in [2.45, 2.75) is 26.4 Å². The highest BCUT2D eigenvalue weighted by Crippen LogP contribution is 2.38. The van der Waals surface area contributed by atoms with Crippen LogP contribution in [0.3, 0.4) is 0 Å². The zero-order valence-corrected chi connectivity index (χ0v) is 16.8. The number of amides is 2. The Kier molecular flexibility index (Phi) is 7.26. The molecule has 0 aliphatic rings. The van der Waals surface area contributed by atoms with E-state index in [-0.39, 0.29) is 5.91 Å². The predicted octanol–water partition coefficient (Wildman–Crippen LogP) is 2.46. The summed E-state index contributed by atoms with van der Waals surface area (Å²) in [7, 11) is 4.43. The van der Waals surface area contributed by atoms with Gasteiger partial charge in [-0.05, 0) is 31.5 Å². The molecule has 0 radical (unpaired) electrons. The van der Waals surface area contributed by atoms with E-state index in [0.717, 1.165) is 11.1 Å². The fraction of sp³-hybridized carbons (Fsp3) is 0.333. The zero-order chi connectivity index (χ0) is 20.7. The van der Waals surface area contributed by atoms with Gasteiger partial charge in [0.1, 0.15) is 6.04 Å². The molecule has 2 aromatic carbocycles. The van der Waals surface area contributed by atoms with Crippen LogP contribution >= 0.6 is 0 Å². The average molecular weight is 386 g/mol. The van der Waals surface area contributed by atoms with Crippen molar-refractivity contribution >= 4 is 11.8 Å². The van der Waals surface area contributed by atoms with Gasteiger partial charge >= 0.3 is 0 Å². The van der Waals surface area contributed by atoms with Crippen molar-refractivity contribution in [3.05, 3.63) is 53.1 Å². The minimum atomic E-state index is -0.711. The van der Waals surface area contributed by atoms with E-state index >= 15 is 0 Å². The standard InChI is InChI=1S/C21H26N2O5/c1-13-6-8-15(9-7-13)12-22-20(24)14(2)23-21(25)16-10-17(26-3)19(28-5)18(11-16)27-4/h6-11,14H,12H2,1-5H3,(H,22,24)(H,23,25)/t14-/m0/s1. The molecule has 7 heteroatoms. The molecule has 1 atom stereocenters. The first-order valence-electron chi connectivity index (χ1n) is 8.83. The van der Waals surface area contributed by atoms with Gasteiger partial charge in [0.05, 0.1) is 21.3 Å². The topological polar surface area (TPSA) is 85.9 Å². The third kappa shape index (κ3) is 5.16. The molecular formula is C21H26N2O5. The Hall–Kier alpha value is -3.22. The smallest absolute Gasteiger partial charge is 0.252 e. The molecule has 2 amide bonds. The number of rotatable bonds is 8. The summed E-state index contributed by atoms with van der Waals surface area (Å²) in [6.45, 7) is 4.02. The Morgan fingerprint density at radius 3 is 2.04 bits per heavy atom. The molecule has 2 N–H and O–H groups in total. The molecule has 28 heavy (non-hydrogen) atoms. The van der Waals surface area contributed by atoms with Crippen LogP contribution in [-0.2, 0) is 11.3 Å². The number of methoxy groups -OCH3 is 3. The zero-order valence-electron chi connectivity index (χ0n) is 16.8. The second-order valence-electron chi connectivity index (χ2n) is 6.31. The van der Waals surface area contributed by atoms with E-state index < -0.39 is 11.9 Å². The monoisotopic (exact) mass is 386 g/mol. The normalized spacial score (nSPS) is 11.3. The number of hydrogen-bond donors (Lipinski definition) is 2. The second kappa shape index (κ2) is 9.64. The minimum Gasteiger partial charge on any atom is -0.493 e. The maximum Gasteiger partial charge on any atom is 0.252 e. The molecule has 0 unspecified atom stereocenters. The van der Waals surface area contributed by atoms with E-state index in [1.54, 1.807) is 6.92 Å². The summed E-state index contributed by atoms with van der Waals surface area (Å²) >= 11 is 0. The lowest BCUT2D eigenvalue weighted by molar-refractivity contribution is -0.122. The number of aryl methyl sites for hydroxylation is 1. The lowest BCUT2D eigenvalue weighted by Gasteiger charge is -2.16. The van der Waals surface area contributed by atoms with Gasteiger partial charge in [-0.2, -0.15) is 0 Å². The largest absolute Gasteiger partial charge is 0.493 e. The SMILES string of the molecule is COc1cc(C(=O)N[C@@H](C)C(=O)NCc2ccc(C)cc2)cc(OC)c1OC. The molecule has 0 bridgehead atoms. The first-order valence-corrected chi connectivity index (χ1v) is 8.83. The van der Waals surface area contributed by atoms with Crippen LogP contribution in [0.4, 0.5) is 0 Å².